The number of carboxylic acids is 1. The Morgan fingerprint density at radius 1 is 1.03 bits per heavy atom. The summed E-state index contributed by atoms with van der Waals surface area (Å²) in [5.41, 5.74) is 1.93. The molecule has 0 saturated heterocycles. The number of H-pyrrole nitrogens is 1. The highest BCUT2D eigenvalue weighted by molar-refractivity contribution is 6.01. The standard InChI is InChI=1S/C28H32F3N3O5/c1-5-34(6-2)26(36)24(19-10-8-18(27(37)38)15-23(19)39-4)21-16-32-22-11-9-17(14-20(21)22)25(35)33(3)13-7-12-28(29,30)31/h8-11,14-16,24,32H,5-7,12-13H2,1-4H3,(H,37,38). The van der Waals surface area contributed by atoms with E-state index in [1.807, 2.05) is 13.8 Å². The van der Waals surface area contributed by atoms with E-state index in [9.17, 15) is 32.7 Å². The van der Waals surface area contributed by atoms with Gasteiger partial charge in [0.1, 0.15) is 5.75 Å². The fraction of sp³-hybridized carbons (Fsp3) is 0.393. The van der Waals surface area contributed by atoms with Gasteiger partial charge in [-0.1, -0.05) is 6.07 Å². The molecular weight excluding hydrogens is 515 g/mol. The lowest BCUT2D eigenvalue weighted by Crippen LogP contribution is -2.35. The Balaban J connectivity index is 2.09. The first-order chi connectivity index (χ1) is 18.4. The predicted molar refractivity (Wildman–Crippen MR) is 140 cm³/mol. The van der Waals surface area contributed by atoms with Gasteiger partial charge in [0.15, 0.2) is 0 Å². The van der Waals surface area contributed by atoms with Crippen LogP contribution in [0, 0.1) is 0 Å². The Bertz CT molecular complexity index is 1350. The first-order valence-electron chi connectivity index (χ1n) is 12.5. The van der Waals surface area contributed by atoms with Gasteiger partial charge in [-0.3, -0.25) is 9.59 Å². The molecule has 3 rings (SSSR count). The van der Waals surface area contributed by atoms with Crippen molar-refractivity contribution in [1.82, 2.24) is 14.8 Å². The van der Waals surface area contributed by atoms with E-state index in [1.54, 1.807) is 35.4 Å². The molecule has 8 nitrogen and oxygen atoms in total. The number of hydrogen-bond acceptors (Lipinski definition) is 4. The number of benzene rings is 2. The van der Waals surface area contributed by atoms with Gasteiger partial charge in [0.05, 0.1) is 18.6 Å². The van der Waals surface area contributed by atoms with Crippen molar-refractivity contribution in [3.8, 4) is 5.75 Å². The molecule has 0 bridgehead atoms. The highest BCUT2D eigenvalue weighted by Crippen LogP contribution is 2.38. The summed E-state index contributed by atoms with van der Waals surface area (Å²) < 4.78 is 43.1. The zero-order valence-electron chi connectivity index (χ0n) is 22.3. The maximum Gasteiger partial charge on any atom is 0.389 e. The SMILES string of the molecule is CCN(CC)C(=O)C(c1ccc(C(=O)O)cc1OC)c1c[nH]c2ccc(C(=O)N(C)CCCC(F)(F)F)cc12. The predicted octanol–water partition coefficient (Wildman–Crippen LogP) is 5.29. The average Bonchev–Trinajstić information content (AvgIpc) is 3.31. The van der Waals surface area contributed by atoms with Crippen molar-refractivity contribution >= 4 is 28.7 Å². The molecule has 0 aliphatic heterocycles. The van der Waals surface area contributed by atoms with Crippen molar-refractivity contribution < 1.29 is 37.4 Å². The molecule has 0 radical (unpaired) electrons. The number of hydrogen-bond donors (Lipinski definition) is 2. The van der Waals surface area contributed by atoms with Gasteiger partial charge in [-0.25, -0.2) is 4.79 Å². The van der Waals surface area contributed by atoms with E-state index in [0.717, 1.165) is 0 Å². The van der Waals surface area contributed by atoms with E-state index in [-0.39, 0.29) is 35.7 Å². The van der Waals surface area contributed by atoms with E-state index < -0.39 is 30.4 Å². The van der Waals surface area contributed by atoms with Crippen LogP contribution in [0.2, 0.25) is 0 Å². The number of aromatic carboxylic acids is 1. The molecule has 0 spiro atoms. The summed E-state index contributed by atoms with van der Waals surface area (Å²) >= 11 is 0. The van der Waals surface area contributed by atoms with Crippen LogP contribution in [0.3, 0.4) is 0 Å². The third-order valence-corrected chi connectivity index (χ3v) is 6.69. The maximum atomic E-state index is 13.8. The number of methoxy groups -OCH3 is 1. The van der Waals surface area contributed by atoms with Gasteiger partial charge >= 0.3 is 12.1 Å². The average molecular weight is 548 g/mol. The highest BCUT2D eigenvalue weighted by atomic mass is 19.4. The molecular formula is C28H32F3N3O5. The molecule has 0 aliphatic rings. The number of rotatable bonds is 11. The summed E-state index contributed by atoms with van der Waals surface area (Å²) in [6.45, 7) is 4.52. The van der Waals surface area contributed by atoms with Crippen molar-refractivity contribution in [1.29, 1.82) is 0 Å². The lowest BCUT2D eigenvalue weighted by molar-refractivity contribution is -0.136. The Kier molecular flexibility index (Phi) is 9.26. The lowest BCUT2D eigenvalue weighted by atomic mass is 9.88. The Morgan fingerprint density at radius 3 is 2.28 bits per heavy atom. The molecule has 1 unspecified atom stereocenters. The third kappa shape index (κ3) is 6.71. The fourth-order valence-corrected chi connectivity index (χ4v) is 4.59. The molecule has 210 valence electrons. The van der Waals surface area contributed by atoms with Gasteiger partial charge in [0.2, 0.25) is 5.91 Å². The fourth-order valence-electron chi connectivity index (χ4n) is 4.59. The van der Waals surface area contributed by atoms with Crippen LogP contribution in [0.25, 0.3) is 10.9 Å². The van der Waals surface area contributed by atoms with E-state index >= 15 is 0 Å². The quantitative estimate of drug-likeness (QED) is 0.340. The van der Waals surface area contributed by atoms with Crippen LogP contribution in [0.4, 0.5) is 13.2 Å². The largest absolute Gasteiger partial charge is 0.496 e. The normalized spacial score (nSPS) is 12.3. The van der Waals surface area contributed by atoms with Crippen LogP contribution < -0.4 is 4.74 Å². The minimum atomic E-state index is -4.29. The highest BCUT2D eigenvalue weighted by Gasteiger charge is 2.32. The molecule has 2 N–H and O–H groups in total. The van der Waals surface area contributed by atoms with Crippen LogP contribution in [-0.2, 0) is 4.79 Å². The van der Waals surface area contributed by atoms with Gasteiger partial charge in [-0.05, 0) is 56.2 Å². The number of halogens is 3. The van der Waals surface area contributed by atoms with E-state index in [0.29, 0.717) is 35.1 Å². The number of aromatic nitrogens is 1. The second kappa shape index (κ2) is 12.2. The molecule has 3 aromatic rings. The lowest BCUT2D eigenvalue weighted by Gasteiger charge is -2.26. The van der Waals surface area contributed by atoms with Crippen molar-refractivity contribution in [2.24, 2.45) is 0 Å². The maximum absolute atomic E-state index is 13.8. The number of carbonyl (C=O) groups is 3. The molecule has 1 aromatic heterocycles. The first kappa shape index (κ1) is 29.5. The number of nitrogens with one attached hydrogen (secondary N) is 1. The molecule has 0 aliphatic carbocycles. The minimum absolute atomic E-state index is 0.00464. The number of alkyl halides is 3. The van der Waals surface area contributed by atoms with E-state index in [1.165, 1.54) is 31.2 Å². The summed E-state index contributed by atoms with van der Waals surface area (Å²) in [6.07, 6.45) is -3.82. The summed E-state index contributed by atoms with van der Waals surface area (Å²) in [6, 6.07) is 9.19. The summed E-state index contributed by atoms with van der Waals surface area (Å²) in [7, 11) is 2.84. The van der Waals surface area contributed by atoms with Gasteiger partial charge in [-0.15, -0.1) is 0 Å². The second-order valence-corrected chi connectivity index (χ2v) is 9.16. The molecule has 2 aromatic carbocycles. The Labute approximate surface area is 224 Å². The zero-order chi connectivity index (χ0) is 28.9. The van der Waals surface area contributed by atoms with Gasteiger partial charge < -0.3 is 24.6 Å². The van der Waals surface area contributed by atoms with Gasteiger partial charge in [0.25, 0.3) is 5.91 Å². The van der Waals surface area contributed by atoms with Crippen LogP contribution >= 0.6 is 0 Å². The second-order valence-electron chi connectivity index (χ2n) is 9.16. The number of aromatic amines is 1. The molecule has 39 heavy (non-hydrogen) atoms. The number of likely N-dealkylation sites (N-methyl/N-ethyl adjacent to an activating group) is 1. The van der Waals surface area contributed by atoms with Crippen molar-refractivity contribution in [3.05, 3.63) is 64.8 Å². The van der Waals surface area contributed by atoms with Crippen LogP contribution in [0.1, 0.15) is 64.4 Å². The number of carbonyl (C=O) groups excluding carboxylic acids is 2. The number of carboxylic acid groups (broad SMARTS) is 1. The van der Waals surface area contributed by atoms with Crippen molar-refractivity contribution in [2.75, 3.05) is 33.8 Å². The Morgan fingerprint density at radius 2 is 1.69 bits per heavy atom. The van der Waals surface area contributed by atoms with Crippen molar-refractivity contribution in [2.45, 2.75) is 38.8 Å². The first-order valence-corrected chi connectivity index (χ1v) is 12.5. The number of fused-ring (bicyclic) bond motifs is 1. The van der Waals surface area contributed by atoms with E-state index in [4.69, 9.17) is 4.74 Å². The monoisotopic (exact) mass is 547 g/mol. The topological polar surface area (TPSA) is 103 Å². The molecule has 1 atom stereocenters. The van der Waals surface area contributed by atoms with Crippen LogP contribution in [0.15, 0.2) is 42.6 Å². The molecule has 1 heterocycles. The molecule has 0 fully saturated rings. The smallest absolute Gasteiger partial charge is 0.389 e. The molecule has 0 saturated carbocycles. The summed E-state index contributed by atoms with van der Waals surface area (Å²) in [4.78, 5) is 44.4. The van der Waals surface area contributed by atoms with Crippen molar-refractivity contribution in [3.63, 3.8) is 0 Å². The molecule has 2 amide bonds. The van der Waals surface area contributed by atoms with Gasteiger partial charge in [-0.2, -0.15) is 13.2 Å². The number of ether oxygens (including phenoxy) is 1. The molecule has 11 heteroatoms. The third-order valence-electron chi connectivity index (χ3n) is 6.69. The van der Waals surface area contributed by atoms with Gasteiger partial charge in [0, 0.05) is 61.3 Å². The number of nitrogens with zero attached hydrogens (tertiary/aromatic N) is 2. The Hall–Kier alpha value is -4.02. The summed E-state index contributed by atoms with van der Waals surface area (Å²) in [5.74, 6) is -2.47. The summed E-state index contributed by atoms with van der Waals surface area (Å²) in [5, 5.41) is 10.0. The number of amides is 2. The van der Waals surface area contributed by atoms with Crippen LogP contribution in [0.5, 0.6) is 5.75 Å². The van der Waals surface area contributed by atoms with Crippen LogP contribution in [-0.4, -0.2) is 77.6 Å². The van der Waals surface area contributed by atoms with E-state index in [2.05, 4.69) is 4.98 Å². The minimum Gasteiger partial charge on any atom is -0.496 e. The zero-order valence-corrected chi connectivity index (χ0v) is 22.3.